The predicted octanol–water partition coefficient (Wildman–Crippen LogP) is 2.77. The second-order valence-electron chi connectivity index (χ2n) is 4.43. The van der Waals surface area contributed by atoms with Crippen molar-refractivity contribution < 1.29 is 4.74 Å². The maximum absolute atomic E-state index is 5.63. The van der Waals surface area contributed by atoms with Gasteiger partial charge in [0, 0.05) is 12.2 Å². The van der Waals surface area contributed by atoms with Gasteiger partial charge in [-0.1, -0.05) is 13.3 Å². The van der Waals surface area contributed by atoms with E-state index < -0.39 is 0 Å². The Balaban J connectivity index is 2.09. The number of unbranched alkanes of at least 4 members (excludes halogenated alkanes) is 1. The highest BCUT2D eigenvalue weighted by atomic mass is 16.5. The molecule has 0 radical (unpaired) electrons. The Morgan fingerprint density at radius 1 is 1.12 bits per heavy atom. The van der Waals surface area contributed by atoms with Crippen LogP contribution in [-0.4, -0.2) is 31.6 Å². The Kier molecular flexibility index (Phi) is 6.48. The zero-order valence-electron chi connectivity index (χ0n) is 11.0. The molecule has 0 spiro atoms. The molecule has 96 valence electrons. The molecule has 0 fully saturated rings. The Morgan fingerprint density at radius 2 is 1.76 bits per heavy atom. The largest absolute Gasteiger partial charge is 0.494 e. The molecule has 0 amide bonds. The third-order valence-electron chi connectivity index (χ3n) is 2.73. The zero-order valence-corrected chi connectivity index (χ0v) is 11.0. The summed E-state index contributed by atoms with van der Waals surface area (Å²) in [7, 11) is 2.17. The van der Waals surface area contributed by atoms with Crippen LogP contribution in [0.1, 0.15) is 26.2 Å². The van der Waals surface area contributed by atoms with E-state index >= 15 is 0 Å². The van der Waals surface area contributed by atoms with Crippen molar-refractivity contribution in [2.75, 3.05) is 32.5 Å². The van der Waals surface area contributed by atoms with Gasteiger partial charge in [0.25, 0.3) is 0 Å². The minimum atomic E-state index is 0.764. The molecule has 17 heavy (non-hydrogen) atoms. The molecule has 3 nitrogen and oxygen atoms in total. The monoisotopic (exact) mass is 236 g/mol. The first-order valence-electron chi connectivity index (χ1n) is 6.39. The van der Waals surface area contributed by atoms with Crippen molar-refractivity contribution in [3.63, 3.8) is 0 Å². The van der Waals surface area contributed by atoms with E-state index in [1.807, 2.05) is 24.3 Å². The molecule has 3 heteroatoms. The molecule has 0 aliphatic rings. The SMILES string of the molecule is CCCCN(C)CCCOc1ccc(N)cc1. The molecule has 1 aromatic carbocycles. The van der Waals surface area contributed by atoms with Gasteiger partial charge in [-0.3, -0.25) is 0 Å². The van der Waals surface area contributed by atoms with Crippen molar-refractivity contribution in [3.05, 3.63) is 24.3 Å². The Morgan fingerprint density at radius 3 is 2.41 bits per heavy atom. The summed E-state index contributed by atoms with van der Waals surface area (Å²) in [6.45, 7) is 5.26. The number of nitrogens with zero attached hydrogens (tertiary/aromatic N) is 1. The van der Waals surface area contributed by atoms with E-state index in [2.05, 4.69) is 18.9 Å². The third kappa shape index (κ3) is 6.17. The van der Waals surface area contributed by atoms with Gasteiger partial charge in [-0.25, -0.2) is 0 Å². The van der Waals surface area contributed by atoms with Crippen LogP contribution in [0.5, 0.6) is 5.75 Å². The minimum absolute atomic E-state index is 0.764. The van der Waals surface area contributed by atoms with Gasteiger partial charge in [0.15, 0.2) is 0 Å². The lowest BCUT2D eigenvalue weighted by atomic mass is 10.3. The number of anilines is 1. The van der Waals surface area contributed by atoms with Crippen molar-refractivity contribution >= 4 is 5.69 Å². The fourth-order valence-corrected chi connectivity index (χ4v) is 1.63. The highest BCUT2D eigenvalue weighted by Crippen LogP contribution is 2.13. The van der Waals surface area contributed by atoms with Gasteiger partial charge in [-0.05, 0) is 50.7 Å². The number of ether oxygens (including phenoxy) is 1. The summed E-state index contributed by atoms with van der Waals surface area (Å²) in [6, 6.07) is 7.55. The molecule has 0 atom stereocenters. The Bertz CT molecular complexity index is 298. The van der Waals surface area contributed by atoms with Crippen LogP contribution in [-0.2, 0) is 0 Å². The molecule has 0 bridgehead atoms. The van der Waals surface area contributed by atoms with Gasteiger partial charge in [0.05, 0.1) is 6.61 Å². The average Bonchev–Trinajstić information content (AvgIpc) is 2.34. The van der Waals surface area contributed by atoms with Crippen LogP contribution in [0.15, 0.2) is 24.3 Å². The van der Waals surface area contributed by atoms with Crippen LogP contribution in [0, 0.1) is 0 Å². The average molecular weight is 236 g/mol. The van der Waals surface area contributed by atoms with Gasteiger partial charge >= 0.3 is 0 Å². The third-order valence-corrected chi connectivity index (χ3v) is 2.73. The minimum Gasteiger partial charge on any atom is -0.494 e. The van der Waals surface area contributed by atoms with Crippen LogP contribution in [0.3, 0.4) is 0 Å². The maximum atomic E-state index is 5.63. The molecular weight excluding hydrogens is 212 g/mol. The molecule has 0 unspecified atom stereocenters. The molecule has 0 heterocycles. The lowest BCUT2D eigenvalue weighted by Crippen LogP contribution is -2.22. The van der Waals surface area contributed by atoms with Gasteiger partial charge in [0.1, 0.15) is 5.75 Å². The van der Waals surface area contributed by atoms with E-state index in [4.69, 9.17) is 10.5 Å². The molecule has 1 rings (SSSR count). The molecule has 0 saturated carbocycles. The van der Waals surface area contributed by atoms with Crippen LogP contribution in [0.2, 0.25) is 0 Å². The summed E-state index contributed by atoms with van der Waals surface area (Å²) in [4.78, 5) is 2.36. The van der Waals surface area contributed by atoms with E-state index in [0.717, 1.165) is 31.0 Å². The van der Waals surface area contributed by atoms with Crippen LogP contribution < -0.4 is 10.5 Å². The smallest absolute Gasteiger partial charge is 0.119 e. The zero-order chi connectivity index (χ0) is 12.5. The number of benzene rings is 1. The van der Waals surface area contributed by atoms with Crippen molar-refractivity contribution in [1.82, 2.24) is 4.90 Å². The highest BCUT2D eigenvalue weighted by Gasteiger charge is 1.98. The number of rotatable bonds is 8. The van der Waals surface area contributed by atoms with Gasteiger partial charge in [-0.2, -0.15) is 0 Å². The normalized spacial score (nSPS) is 10.8. The second-order valence-corrected chi connectivity index (χ2v) is 4.43. The van der Waals surface area contributed by atoms with Crippen LogP contribution in [0.25, 0.3) is 0 Å². The summed E-state index contributed by atoms with van der Waals surface area (Å²) in [5.74, 6) is 0.899. The maximum Gasteiger partial charge on any atom is 0.119 e. The number of hydrogen-bond acceptors (Lipinski definition) is 3. The lowest BCUT2D eigenvalue weighted by Gasteiger charge is -2.16. The van der Waals surface area contributed by atoms with Crippen LogP contribution >= 0.6 is 0 Å². The predicted molar refractivity (Wildman–Crippen MR) is 73.4 cm³/mol. The van der Waals surface area contributed by atoms with E-state index in [-0.39, 0.29) is 0 Å². The molecule has 0 aliphatic carbocycles. The number of nitrogens with two attached hydrogens (primary N) is 1. The van der Waals surface area contributed by atoms with E-state index in [1.54, 1.807) is 0 Å². The van der Waals surface area contributed by atoms with Crippen LogP contribution in [0.4, 0.5) is 5.69 Å². The number of nitrogen functional groups attached to an aromatic ring is 1. The Labute approximate surface area is 105 Å². The summed E-state index contributed by atoms with van der Waals surface area (Å²) >= 11 is 0. The summed E-state index contributed by atoms with van der Waals surface area (Å²) in [5, 5.41) is 0. The van der Waals surface area contributed by atoms with E-state index in [9.17, 15) is 0 Å². The summed E-state index contributed by atoms with van der Waals surface area (Å²) in [5.41, 5.74) is 6.38. The summed E-state index contributed by atoms with van der Waals surface area (Å²) < 4.78 is 5.63. The van der Waals surface area contributed by atoms with Crippen molar-refractivity contribution in [1.29, 1.82) is 0 Å². The van der Waals surface area contributed by atoms with Gasteiger partial charge < -0.3 is 15.4 Å². The van der Waals surface area contributed by atoms with Crippen molar-refractivity contribution in [2.24, 2.45) is 0 Å². The molecule has 0 aromatic heterocycles. The fraction of sp³-hybridized carbons (Fsp3) is 0.571. The van der Waals surface area contributed by atoms with Crippen molar-refractivity contribution in [2.45, 2.75) is 26.2 Å². The van der Waals surface area contributed by atoms with E-state index in [1.165, 1.54) is 19.4 Å². The first-order chi connectivity index (χ1) is 8.22. The fourth-order valence-electron chi connectivity index (χ4n) is 1.63. The topological polar surface area (TPSA) is 38.5 Å². The van der Waals surface area contributed by atoms with Gasteiger partial charge in [-0.15, -0.1) is 0 Å². The highest BCUT2D eigenvalue weighted by molar-refractivity contribution is 5.41. The first-order valence-corrected chi connectivity index (χ1v) is 6.39. The molecule has 1 aromatic rings. The summed E-state index contributed by atoms with van der Waals surface area (Å²) in [6.07, 6.45) is 3.59. The molecule has 0 saturated heterocycles. The Hall–Kier alpha value is -1.22. The second kappa shape index (κ2) is 7.96. The molecule has 0 aliphatic heterocycles. The van der Waals surface area contributed by atoms with E-state index in [0.29, 0.717) is 0 Å². The standard InChI is InChI=1S/C14H24N2O/c1-3-4-10-16(2)11-5-12-17-14-8-6-13(15)7-9-14/h6-9H,3-5,10-12,15H2,1-2H3. The molecule has 2 N–H and O–H groups in total. The first kappa shape index (κ1) is 13.8. The van der Waals surface area contributed by atoms with Crippen molar-refractivity contribution in [3.8, 4) is 5.75 Å². The molecular formula is C14H24N2O. The lowest BCUT2D eigenvalue weighted by molar-refractivity contribution is 0.261. The quantitative estimate of drug-likeness (QED) is 0.557. The number of hydrogen-bond donors (Lipinski definition) is 1. The van der Waals surface area contributed by atoms with Gasteiger partial charge in [0.2, 0.25) is 0 Å².